The van der Waals surface area contributed by atoms with Gasteiger partial charge in [0.15, 0.2) is 0 Å². The van der Waals surface area contributed by atoms with Gasteiger partial charge in [0.05, 0.1) is 9.79 Å². The lowest BCUT2D eigenvalue weighted by molar-refractivity contribution is 0.595. The zero-order chi connectivity index (χ0) is 15.9. The monoisotopic (exact) mass is 305 g/mol. The molecule has 112 valence electrons. The second kappa shape index (κ2) is 4.96. The highest BCUT2D eigenvalue weighted by Gasteiger charge is 2.23. The Hall–Kier alpha value is -2.21. The molecule has 0 aliphatic carbocycles. The number of nitrogens with two attached hydrogens (primary N) is 3. The molecular weight excluding hydrogens is 286 g/mol. The first-order valence-electron chi connectivity index (χ1n) is 6.42. The summed E-state index contributed by atoms with van der Waals surface area (Å²) < 4.78 is 25.6. The van der Waals surface area contributed by atoms with Crippen molar-refractivity contribution < 1.29 is 8.42 Å². The molecule has 0 radical (unpaired) electrons. The van der Waals surface area contributed by atoms with Crippen molar-refractivity contribution in [2.45, 2.75) is 30.6 Å². The van der Waals surface area contributed by atoms with Gasteiger partial charge in [-0.3, -0.25) is 0 Å². The molecule has 0 bridgehead atoms. The Labute approximate surface area is 124 Å². The van der Waals surface area contributed by atoms with E-state index in [4.69, 9.17) is 17.2 Å². The number of rotatable bonds is 2. The van der Waals surface area contributed by atoms with E-state index in [2.05, 4.69) is 0 Å². The van der Waals surface area contributed by atoms with E-state index >= 15 is 0 Å². The van der Waals surface area contributed by atoms with Crippen LogP contribution >= 0.6 is 0 Å². The standard InChI is InChI=1S/C15H19N3O2S/c1-8-4-12(16)10(3)15(5-8)21(19,20)11-6-13(17)9(2)14(18)7-11/h4-7H,16-18H2,1-3H3. The number of anilines is 3. The Bertz CT molecular complexity index is 804. The number of benzene rings is 2. The SMILES string of the molecule is Cc1cc(N)c(C)c(S(=O)(=O)c2cc(N)c(C)c(N)c2)c1. The lowest BCUT2D eigenvalue weighted by atomic mass is 10.1. The van der Waals surface area contributed by atoms with Crippen molar-refractivity contribution in [3.63, 3.8) is 0 Å². The van der Waals surface area contributed by atoms with Crippen LogP contribution in [0.25, 0.3) is 0 Å². The summed E-state index contributed by atoms with van der Waals surface area (Å²) >= 11 is 0. The molecule has 0 saturated heterocycles. The molecule has 2 aromatic rings. The van der Waals surface area contributed by atoms with E-state index in [1.54, 1.807) is 32.9 Å². The van der Waals surface area contributed by atoms with Crippen LogP contribution in [0.15, 0.2) is 34.1 Å². The largest absolute Gasteiger partial charge is 0.398 e. The van der Waals surface area contributed by atoms with Crippen molar-refractivity contribution in [1.29, 1.82) is 0 Å². The molecular formula is C15H19N3O2S. The fourth-order valence-electron chi connectivity index (χ4n) is 2.15. The average molecular weight is 305 g/mol. The van der Waals surface area contributed by atoms with Crippen LogP contribution in [0.1, 0.15) is 16.7 Å². The topological polar surface area (TPSA) is 112 Å². The van der Waals surface area contributed by atoms with Crippen molar-refractivity contribution >= 4 is 26.9 Å². The summed E-state index contributed by atoms with van der Waals surface area (Å²) in [5.41, 5.74) is 20.7. The molecule has 5 nitrogen and oxygen atoms in total. The summed E-state index contributed by atoms with van der Waals surface area (Å²) in [5.74, 6) is 0. The average Bonchev–Trinajstić information content (AvgIpc) is 2.39. The fourth-order valence-corrected chi connectivity index (χ4v) is 3.83. The summed E-state index contributed by atoms with van der Waals surface area (Å²) in [7, 11) is -3.72. The van der Waals surface area contributed by atoms with E-state index in [0.29, 0.717) is 28.2 Å². The molecule has 0 fully saturated rings. The minimum absolute atomic E-state index is 0.0798. The predicted octanol–water partition coefficient (Wildman–Crippen LogP) is 2.19. The van der Waals surface area contributed by atoms with Gasteiger partial charge in [-0.25, -0.2) is 8.42 Å². The third-order valence-electron chi connectivity index (χ3n) is 3.61. The summed E-state index contributed by atoms with van der Waals surface area (Å²) in [4.78, 5) is 0.263. The van der Waals surface area contributed by atoms with Gasteiger partial charge in [0.25, 0.3) is 0 Å². The van der Waals surface area contributed by atoms with Gasteiger partial charge >= 0.3 is 0 Å². The first-order chi connectivity index (χ1) is 9.64. The Morgan fingerprint density at radius 3 is 1.76 bits per heavy atom. The number of sulfone groups is 1. The molecule has 0 spiro atoms. The molecule has 0 aromatic heterocycles. The summed E-state index contributed by atoms with van der Waals surface area (Å²) in [5, 5.41) is 0. The number of hydrogen-bond donors (Lipinski definition) is 3. The zero-order valence-corrected chi connectivity index (χ0v) is 13.1. The lowest BCUT2D eigenvalue weighted by Crippen LogP contribution is -2.09. The number of hydrogen-bond acceptors (Lipinski definition) is 5. The maximum absolute atomic E-state index is 12.8. The molecule has 0 atom stereocenters. The molecule has 2 aromatic carbocycles. The second-order valence-electron chi connectivity index (χ2n) is 5.21. The Balaban J connectivity index is 2.74. The minimum atomic E-state index is -3.72. The van der Waals surface area contributed by atoms with Crippen molar-refractivity contribution in [3.05, 3.63) is 41.0 Å². The van der Waals surface area contributed by atoms with Gasteiger partial charge in [-0.05, 0) is 61.7 Å². The lowest BCUT2D eigenvalue weighted by Gasteiger charge is -2.13. The summed E-state index contributed by atoms with van der Waals surface area (Å²) in [6, 6.07) is 6.21. The molecule has 6 N–H and O–H groups in total. The molecule has 2 rings (SSSR count). The fraction of sp³-hybridized carbons (Fsp3) is 0.200. The van der Waals surface area contributed by atoms with Gasteiger partial charge in [-0.2, -0.15) is 0 Å². The van der Waals surface area contributed by atoms with Crippen LogP contribution in [-0.4, -0.2) is 8.42 Å². The summed E-state index contributed by atoms with van der Waals surface area (Å²) in [6.45, 7) is 5.23. The molecule has 0 aliphatic rings. The molecule has 0 amide bonds. The Morgan fingerprint density at radius 1 is 0.762 bits per heavy atom. The van der Waals surface area contributed by atoms with Gasteiger partial charge < -0.3 is 17.2 Å². The maximum atomic E-state index is 12.8. The molecule has 6 heteroatoms. The maximum Gasteiger partial charge on any atom is 0.207 e. The van der Waals surface area contributed by atoms with E-state index in [9.17, 15) is 8.42 Å². The van der Waals surface area contributed by atoms with Crippen LogP contribution in [0.2, 0.25) is 0 Å². The quantitative estimate of drug-likeness (QED) is 0.736. The van der Waals surface area contributed by atoms with Gasteiger partial charge in [-0.1, -0.05) is 0 Å². The second-order valence-corrected chi connectivity index (χ2v) is 7.13. The third-order valence-corrected chi connectivity index (χ3v) is 5.47. The van der Waals surface area contributed by atoms with Crippen molar-refractivity contribution in [3.8, 4) is 0 Å². The molecule has 21 heavy (non-hydrogen) atoms. The Kier molecular flexibility index (Phi) is 3.59. The van der Waals surface area contributed by atoms with Gasteiger partial charge in [0.2, 0.25) is 9.84 Å². The zero-order valence-electron chi connectivity index (χ0n) is 12.3. The molecule has 0 saturated carbocycles. The molecule has 0 unspecified atom stereocenters. The van der Waals surface area contributed by atoms with Crippen LogP contribution in [0, 0.1) is 20.8 Å². The van der Waals surface area contributed by atoms with E-state index in [0.717, 1.165) is 5.56 Å². The highest BCUT2D eigenvalue weighted by atomic mass is 32.2. The smallest absolute Gasteiger partial charge is 0.207 e. The highest BCUT2D eigenvalue weighted by molar-refractivity contribution is 7.91. The Morgan fingerprint density at radius 2 is 1.24 bits per heavy atom. The predicted molar refractivity (Wildman–Crippen MR) is 85.8 cm³/mol. The van der Waals surface area contributed by atoms with E-state index in [-0.39, 0.29) is 9.79 Å². The van der Waals surface area contributed by atoms with Crippen LogP contribution < -0.4 is 17.2 Å². The first-order valence-corrected chi connectivity index (χ1v) is 7.90. The first kappa shape index (κ1) is 15.2. The van der Waals surface area contributed by atoms with E-state index in [1.165, 1.54) is 12.1 Å². The third kappa shape index (κ3) is 2.54. The van der Waals surface area contributed by atoms with Crippen molar-refractivity contribution in [1.82, 2.24) is 0 Å². The van der Waals surface area contributed by atoms with Crippen molar-refractivity contribution in [2.24, 2.45) is 0 Å². The van der Waals surface area contributed by atoms with E-state index < -0.39 is 9.84 Å². The van der Waals surface area contributed by atoms with Gasteiger partial charge in [0.1, 0.15) is 0 Å². The summed E-state index contributed by atoms with van der Waals surface area (Å²) in [6.07, 6.45) is 0. The van der Waals surface area contributed by atoms with Gasteiger partial charge in [0, 0.05) is 17.1 Å². The van der Waals surface area contributed by atoms with Gasteiger partial charge in [-0.15, -0.1) is 0 Å². The highest BCUT2D eigenvalue weighted by Crippen LogP contribution is 2.31. The van der Waals surface area contributed by atoms with E-state index in [1.807, 2.05) is 0 Å². The minimum Gasteiger partial charge on any atom is -0.398 e. The van der Waals surface area contributed by atoms with Crippen LogP contribution in [-0.2, 0) is 9.84 Å². The van der Waals surface area contributed by atoms with Crippen molar-refractivity contribution in [2.75, 3.05) is 17.2 Å². The van der Waals surface area contributed by atoms with Crippen LogP contribution in [0.4, 0.5) is 17.1 Å². The number of aryl methyl sites for hydroxylation is 1. The molecule has 0 aliphatic heterocycles. The molecule has 0 heterocycles. The normalized spacial score (nSPS) is 11.6. The van der Waals surface area contributed by atoms with Crippen LogP contribution in [0.5, 0.6) is 0 Å². The number of nitrogen functional groups attached to an aromatic ring is 3. The van der Waals surface area contributed by atoms with Crippen LogP contribution in [0.3, 0.4) is 0 Å².